The van der Waals surface area contributed by atoms with Crippen molar-refractivity contribution in [2.75, 3.05) is 12.4 Å². The van der Waals surface area contributed by atoms with Crippen molar-refractivity contribution in [1.82, 2.24) is 19.7 Å². The lowest BCUT2D eigenvalue weighted by Crippen LogP contribution is -2.32. The van der Waals surface area contributed by atoms with E-state index in [2.05, 4.69) is 39.4 Å². The molecule has 1 aliphatic heterocycles. The van der Waals surface area contributed by atoms with E-state index in [1.54, 1.807) is 23.9 Å². The van der Waals surface area contributed by atoms with Gasteiger partial charge in [-0.15, -0.1) is 10.2 Å². The van der Waals surface area contributed by atoms with Crippen LogP contribution in [0.15, 0.2) is 59.8 Å². The van der Waals surface area contributed by atoms with E-state index in [-0.39, 0.29) is 5.82 Å². The molecule has 4 rings (SSSR count). The molecule has 0 aliphatic carbocycles. The quantitative estimate of drug-likeness (QED) is 0.726. The van der Waals surface area contributed by atoms with E-state index in [0.29, 0.717) is 18.1 Å². The van der Waals surface area contributed by atoms with E-state index >= 15 is 0 Å². The standard InChI is InChI=1S/C18H17FN4S/c19-16-9-5-4-8-15(16)17-20-21-18-23(17)12-22(13-24-18)11-10-14-6-2-1-3-7-14/h1-9H,10-13H2. The lowest BCUT2D eigenvalue weighted by molar-refractivity contribution is 0.242. The zero-order valence-corrected chi connectivity index (χ0v) is 13.9. The first-order chi connectivity index (χ1) is 11.8. The number of aromatic nitrogens is 3. The summed E-state index contributed by atoms with van der Waals surface area (Å²) in [6, 6.07) is 17.2. The topological polar surface area (TPSA) is 34.0 Å². The molecule has 0 atom stereocenters. The minimum Gasteiger partial charge on any atom is -0.288 e. The highest BCUT2D eigenvalue weighted by Gasteiger charge is 2.23. The summed E-state index contributed by atoms with van der Waals surface area (Å²) in [7, 11) is 0. The molecule has 0 bridgehead atoms. The third-order valence-electron chi connectivity index (χ3n) is 4.11. The van der Waals surface area contributed by atoms with Gasteiger partial charge in [0.05, 0.1) is 18.1 Å². The Morgan fingerprint density at radius 1 is 1.00 bits per heavy atom. The maximum Gasteiger partial charge on any atom is 0.193 e. The smallest absolute Gasteiger partial charge is 0.193 e. The van der Waals surface area contributed by atoms with Gasteiger partial charge in [0.2, 0.25) is 0 Å². The van der Waals surface area contributed by atoms with E-state index in [1.165, 1.54) is 11.6 Å². The molecule has 0 saturated heterocycles. The molecule has 2 heterocycles. The molecule has 122 valence electrons. The minimum atomic E-state index is -0.265. The number of hydrogen-bond acceptors (Lipinski definition) is 4. The number of rotatable bonds is 4. The number of halogens is 1. The highest BCUT2D eigenvalue weighted by Crippen LogP contribution is 2.29. The molecule has 2 aromatic carbocycles. The van der Waals surface area contributed by atoms with Gasteiger partial charge in [-0.05, 0) is 24.1 Å². The fourth-order valence-corrected chi connectivity index (χ4v) is 3.73. The Balaban J connectivity index is 1.52. The Bertz CT molecular complexity index is 834. The van der Waals surface area contributed by atoms with Crippen LogP contribution in [-0.4, -0.2) is 32.1 Å². The first kappa shape index (κ1) is 15.4. The third kappa shape index (κ3) is 3.07. The van der Waals surface area contributed by atoms with Crippen molar-refractivity contribution < 1.29 is 4.39 Å². The second-order valence-electron chi connectivity index (χ2n) is 5.76. The van der Waals surface area contributed by atoms with Crippen LogP contribution in [0.25, 0.3) is 11.4 Å². The highest BCUT2D eigenvalue weighted by atomic mass is 32.2. The average Bonchev–Trinajstić information content (AvgIpc) is 3.04. The first-order valence-corrected chi connectivity index (χ1v) is 8.87. The van der Waals surface area contributed by atoms with Gasteiger partial charge in [0, 0.05) is 6.54 Å². The molecule has 0 radical (unpaired) electrons. The average molecular weight is 340 g/mol. The molecule has 6 heteroatoms. The van der Waals surface area contributed by atoms with Gasteiger partial charge < -0.3 is 0 Å². The van der Waals surface area contributed by atoms with E-state index in [0.717, 1.165) is 24.0 Å². The van der Waals surface area contributed by atoms with E-state index in [4.69, 9.17) is 0 Å². The predicted octanol–water partition coefficient (Wildman–Crippen LogP) is 3.65. The molecule has 0 amide bonds. The van der Waals surface area contributed by atoms with Gasteiger partial charge in [0.25, 0.3) is 0 Å². The van der Waals surface area contributed by atoms with Crippen molar-refractivity contribution in [2.45, 2.75) is 18.2 Å². The lowest BCUT2D eigenvalue weighted by atomic mass is 10.1. The van der Waals surface area contributed by atoms with Gasteiger partial charge in [0.15, 0.2) is 11.0 Å². The van der Waals surface area contributed by atoms with Crippen molar-refractivity contribution in [3.8, 4) is 11.4 Å². The SMILES string of the molecule is Fc1ccccc1-c1nnc2n1CN(CCc1ccccc1)CS2. The van der Waals surface area contributed by atoms with Gasteiger partial charge in [-0.3, -0.25) is 9.47 Å². The molecule has 1 aromatic heterocycles. The van der Waals surface area contributed by atoms with Crippen LogP contribution >= 0.6 is 11.8 Å². The van der Waals surface area contributed by atoms with Crippen LogP contribution in [0.3, 0.4) is 0 Å². The van der Waals surface area contributed by atoms with E-state index in [9.17, 15) is 4.39 Å². The highest BCUT2D eigenvalue weighted by molar-refractivity contribution is 7.99. The maximum atomic E-state index is 14.1. The second-order valence-corrected chi connectivity index (χ2v) is 6.67. The number of nitrogens with zero attached hydrogens (tertiary/aromatic N) is 4. The monoisotopic (exact) mass is 340 g/mol. The zero-order chi connectivity index (χ0) is 16.4. The van der Waals surface area contributed by atoms with Crippen molar-refractivity contribution in [1.29, 1.82) is 0 Å². The molecule has 0 unspecified atom stereocenters. The first-order valence-electron chi connectivity index (χ1n) is 7.88. The summed E-state index contributed by atoms with van der Waals surface area (Å²) in [6.45, 7) is 1.64. The van der Waals surface area contributed by atoms with Gasteiger partial charge in [-0.2, -0.15) is 0 Å². The van der Waals surface area contributed by atoms with E-state index < -0.39 is 0 Å². The van der Waals surface area contributed by atoms with Crippen LogP contribution in [0.1, 0.15) is 5.56 Å². The molecule has 4 nitrogen and oxygen atoms in total. The van der Waals surface area contributed by atoms with Crippen molar-refractivity contribution in [3.63, 3.8) is 0 Å². The minimum absolute atomic E-state index is 0.265. The Hall–Kier alpha value is -2.18. The predicted molar refractivity (Wildman–Crippen MR) is 93.0 cm³/mol. The Labute approximate surface area is 144 Å². The van der Waals surface area contributed by atoms with Gasteiger partial charge in [-0.1, -0.05) is 54.2 Å². The molecule has 0 fully saturated rings. The number of benzene rings is 2. The van der Waals surface area contributed by atoms with Crippen molar-refractivity contribution in [3.05, 3.63) is 66.0 Å². The fourth-order valence-electron chi connectivity index (χ4n) is 2.82. The number of fused-ring (bicyclic) bond motifs is 1. The maximum absolute atomic E-state index is 14.1. The van der Waals surface area contributed by atoms with Crippen molar-refractivity contribution >= 4 is 11.8 Å². The summed E-state index contributed by atoms with van der Waals surface area (Å²) in [6.07, 6.45) is 0.994. The van der Waals surface area contributed by atoms with Crippen LogP contribution < -0.4 is 0 Å². The van der Waals surface area contributed by atoms with Gasteiger partial charge in [0.1, 0.15) is 5.82 Å². The van der Waals surface area contributed by atoms with Gasteiger partial charge >= 0.3 is 0 Å². The molecule has 0 saturated carbocycles. The number of thioether (sulfide) groups is 1. The Kier molecular flexibility index (Phi) is 4.32. The molecular formula is C18H17FN4S. The third-order valence-corrected chi connectivity index (χ3v) is 5.16. The summed E-state index contributed by atoms with van der Waals surface area (Å²) >= 11 is 1.65. The van der Waals surface area contributed by atoms with Crippen molar-refractivity contribution in [2.24, 2.45) is 0 Å². The normalized spacial score (nSPS) is 14.5. The molecular weight excluding hydrogens is 323 g/mol. The van der Waals surface area contributed by atoms with Crippen LogP contribution in [-0.2, 0) is 13.1 Å². The van der Waals surface area contributed by atoms with Crippen LogP contribution in [0.2, 0.25) is 0 Å². The Morgan fingerprint density at radius 2 is 1.79 bits per heavy atom. The summed E-state index contributed by atoms with van der Waals surface area (Å²) < 4.78 is 16.1. The van der Waals surface area contributed by atoms with Gasteiger partial charge in [-0.25, -0.2) is 4.39 Å². The molecule has 24 heavy (non-hydrogen) atoms. The molecule has 0 spiro atoms. The van der Waals surface area contributed by atoms with Crippen LogP contribution in [0.4, 0.5) is 4.39 Å². The number of hydrogen-bond donors (Lipinski definition) is 0. The summed E-state index contributed by atoms with van der Waals surface area (Å²) in [4.78, 5) is 2.33. The summed E-state index contributed by atoms with van der Waals surface area (Å²) in [5, 5.41) is 9.27. The largest absolute Gasteiger partial charge is 0.288 e. The summed E-state index contributed by atoms with van der Waals surface area (Å²) in [5.74, 6) is 1.21. The molecule has 1 aliphatic rings. The second kappa shape index (κ2) is 6.75. The lowest BCUT2D eigenvalue weighted by Gasteiger charge is -2.27. The molecule has 3 aromatic rings. The fraction of sp³-hybridized carbons (Fsp3) is 0.222. The summed E-state index contributed by atoms with van der Waals surface area (Å²) in [5.41, 5.74) is 1.83. The van der Waals surface area contributed by atoms with Crippen LogP contribution in [0, 0.1) is 5.82 Å². The zero-order valence-electron chi connectivity index (χ0n) is 13.1. The molecule has 0 N–H and O–H groups in total. The Morgan fingerprint density at radius 3 is 2.62 bits per heavy atom. The van der Waals surface area contributed by atoms with E-state index in [1.807, 2.05) is 16.7 Å². The van der Waals surface area contributed by atoms with Crippen LogP contribution in [0.5, 0.6) is 0 Å².